The molecule has 1 aliphatic heterocycles. The number of halogens is 2. The lowest BCUT2D eigenvalue weighted by Crippen LogP contribution is -2.32. The van der Waals surface area contributed by atoms with Gasteiger partial charge in [-0.1, -0.05) is 48.2 Å². The molecular weight excluding hydrogens is 421 g/mol. The van der Waals surface area contributed by atoms with Gasteiger partial charge in [-0.05, 0) is 48.7 Å². The maximum absolute atomic E-state index is 13.0. The number of hydrogen-bond donors (Lipinski definition) is 0. The minimum absolute atomic E-state index is 0.0583. The smallest absolute Gasteiger partial charge is 0.338 e. The van der Waals surface area contributed by atoms with Gasteiger partial charge in [0.05, 0.1) is 10.6 Å². The van der Waals surface area contributed by atoms with E-state index in [1.807, 2.05) is 0 Å². The van der Waals surface area contributed by atoms with Crippen molar-refractivity contribution in [3.63, 3.8) is 0 Å². The summed E-state index contributed by atoms with van der Waals surface area (Å²) in [6.07, 6.45) is 3.66. The Bertz CT molecular complexity index is 937. The average molecular weight is 442 g/mol. The Morgan fingerprint density at radius 3 is 2.25 bits per heavy atom. The lowest BCUT2D eigenvalue weighted by molar-refractivity contribution is 0.0472. The highest BCUT2D eigenvalue weighted by atomic mass is 35.5. The first kappa shape index (κ1) is 21.1. The fourth-order valence-corrected chi connectivity index (χ4v) is 5.21. The van der Waals surface area contributed by atoms with Crippen molar-refractivity contribution in [2.45, 2.75) is 37.2 Å². The van der Waals surface area contributed by atoms with Crippen molar-refractivity contribution in [3.05, 3.63) is 63.6 Å². The lowest BCUT2D eigenvalue weighted by Gasteiger charge is -2.21. The Morgan fingerprint density at radius 2 is 1.61 bits per heavy atom. The maximum Gasteiger partial charge on any atom is 0.338 e. The van der Waals surface area contributed by atoms with Crippen molar-refractivity contribution < 1.29 is 17.9 Å². The Balaban J connectivity index is 1.78. The highest BCUT2D eigenvalue weighted by Gasteiger charge is 2.28. The predicted molar refractivity (Wildman–Crippen MR) is 109 cm³/mol. The zero-order chi connectivity index (χ0) is 20.1. The minimum atomic E-state index is -3.76. The standard InChI is InChI=1S/C20H21Cl2NO4S/c21-17-8-5-15(6-9-17)14-27-20(24)16-7-10-18(22)19(13-16)28(25,26)23-11-3-1-2-4-12-23/h5-10,13H,1-4,11-12,14H2. The number of carbonyl (C=O) groups excluding carboxylic acids is 1. The molecule has 28 heavy (non-hydrogen) atoms. The SMILES string of the molecule is O=C(OCc1ccc(Cl)cc1)c1ccc(Cl)c(S(=O)(=O)N2CCCCCC2)c1. The van der Waals surface area contributed by atoms with E-state index < -0.39 is 16.0 Å². The number of esters is 1. The Morgan fingerprint density at radius 1 is 0.964 bits per heavy atom. The average Bonchev–Trinajstić information content (AvgIpc) is 2.97. The number of benzene rings is 2. The highest BCUT2D eigenvalue weighted by molar-refractivity contribution is 7.89. The maximum atomic E-state index is 13.0. The van der Waals surface area contributed by atoms with Crippen molar-refractivity contribution in [2.75, 3.05) is 13.1 Å². The van der Waals surface area contributed by atoms with Crippen LogP contribution in [0.4, 0.5) is 0 Å². The Labute approximate surface area is 175 Å². The number of hydrogen-bond acceptors (Lipinski definition) is 4. The first-order valence-electron chi connectivity index (χ1n) is 9.09. The first-order valence-corrected chi connectivity index (χ1v) is 11.3. The molecule has 5 nitrogen and oxygen atoms in total. The van der Waals surface area contributed by atoms with E-state index in [-0.39, 0.29) is 22.1 Å². The number of rotatable bonds is 5. The van der Waals surface area contributed by atoms with Crippen LogP contribution in [-0.2, 0) is 21.4 Å². The number of nitrogens with zero attached hydrogens (tertiary/aromatic N) is 1. The molecular formula is C20H21Cl2NO4S. The molecule has 1 fully saturated rings. The van der Waals surface area contributed by atoms with Crippen LogP contribution in [-0.4, -0.2) is 31.8 Å². The first-order chi connectivity index (χ1) is 13.4. The molecule has 0 atom stereocenters. The highest BCUT2D eigenvalue weighted by Crippen LogP contribution is 2.28. The van der Waals surface area contributed by atoms with Crippen LogP contribution in [0.15, 0.2) is 47.4 Å². The largest absolute Gasteiger partial charge is 0.457 e. The van der Waals surface area contributed by atoms with E-state index in [1.165, 1.54) is 22.5 Å². The second-order valence-electron chi connectivity index (χ2n) is 6.67. The van der Waals surface area contributed by atoms with Gasteiger partial charge in [0.2, 0.25) is 10.0 Å². The molecule has 0 N–H and O–H groups in total. The van der Waals surface area contributed by atoms with E-state index in [9.17, 15) is 13.2 Å². The van der Waals surface area contributed by atoms with E-state index in [1.54, 1.807) is 24.3 Å². The lowest BCUT2D eigenvalue weighted by atomic mass is 10.2. The molecule has 0 saturated carbocycles. The van der Waals surface area contributed by atoms with E-state index in [0.717, 1.165) is 31.2 Å². The third-order valence-electron chi connectivity index (χ3n) is 4.63. The van der Waals surface area contributed by atoms with Crippen molar-refractivity contribution in [1.29, 1.82) is 0 Å². The van der Waals surface area contributed by atoms with Gasteiger partial charge in [0.25, 0.3) is 0 Å². The van der Waals surface area contributed by atoms with Gasteiger partial charge >= 0.3 is 5.97 Å². The van der Waals surface area contributed by atoms with Crippen LogP contribution < -0.4 is 0 Å². The second-order valence-corrected chi connectivity index (χ2v) is 9.42. The molecule has 0 bridgehead atoms. The van der Waals surface area contributed by atoms with Crippen molar-refractivity contribution in [3.8, 4) is 0 Å². The van der Waals surface area contributed by atoms with Gasteiger partial charge in [0.15, 0.2) is 0 Å². The Hall–Kier alpha value is -1.60. The van der Waals surface area contributed by atoms with Crippen molar-refractivity contribution in [2.24, 2.45) is 0 Å². The summed E-state index contributed by atoms with van der Waals surface area (Å²) in [5.41, 5.74) is 0.927. The van der Waals surface area contributed by atoms with Crippen molar-refractivity contribution in [1.82, 2.24) is 4.31 Å². The van der Waals surface area contributed by atoms with Gasteiger partial charge in [0, 0.05) is 18.1 Å². The zero-order valence-electron chi connectivity index (χ0n) is 15.2. The molecule has 2 aromatic rings. The molecule has 0 unspecified atom stereocenters. The van der Waals surface area contributed by atoms with E-state index in [2.05, 4.69) is 0 Å². The molecule has 150 valence electrons. The number of sulfonamides is 1. The monoisotopic (exact) mass is 441 g/mol. The van der Waals surface area contributed by atoms with Crippen LogP contribution in [0.3, 0.4) is 0 Å². The predicted octanol–water partition coefficient (Wildman–Crippen LogP) is 4.92. The summed E-state index contributed by atoms with van der Waals surface area (Å²) in [7, 11) is -3.76. The molecule has 3 rings (SSSR count). The number of ether oxygens (including phenoxy) is 1. The van der Waals surface area contributed by atoms with E-state index >= 15 is 0 Å². The molecule has 0 aromatic heterocycles. The summed E-state index contributed by atoms with van der Waals surface area (Å²) < 4.78 is 32.8. The summed E-state index contributed by atoms with van der Waals surface area (Å²) in [5, 5.41) is 0.689. The van der Waals surface area contributed by atoms with Crippen LogP contribution in [0.2, 0.25) is 10.0 Å². The molecule has 2 aromatic carbocycles. The third kappa shape index (κ3) is 5.06. The van der Waals surface area contributed by atoms with Crippen LogP contribution in [0.5, 0.6) is 0 Å². The van der Waals surface area contributed by atoms with E-state index in [0.29, 0.717) is 18.1 Å². The van der Waals surface area contributed by atoms with Gasteiger partial charge in [-0.2, -0.15) is 4.31 Å². The summed E-state index contributed by atoms with van der Waals surface area (Å²) in [5.74, 6) is -0.612. The van der Waals surface area contributed by atoms with E-state index in [4.69, 9.17) is 27.9 Å². The van der Waals surface area contributed by atoms with Gasteiger partial charge in [-0.3, -0.25) is 0 Å². The van der Waals surface area contributed by atoms with Gasteiger partial charge in [-0.25, -0.2) is 13.2 Å². The fourth-order valence-electron chi connectivity index (χ4n) is 3.06. The molecule has 0 radical (unpaired) electrons. The Kier molecular flexibility index (Phi) is 6.99. The normalized spacial score (nSPS) is 15.8. The van der Waals surface area contributed by atoms with Crippen LogP contribution in [0.1, 0.15) is 41.6 Å². The quantitative estimate of drug-likeness (QED) is 0.617. The summed E-state index contributed by atoms with van der Waals surface area (Å²) in [6.45, 7) is 0.987. The fraction of sp³-hybridized carbons (Fsp3) is 0.350. The van der Waals surface area contributed by atoms with Crippen LogP contribution >= 0.6 is 23.2 Å². The van der Waals surface area contributed by atoms with Gasteiger partial charge < -0.3 is 4.74 Å². The molecule has 8 heteroatoms. The van der Waals surface area contributed by atoms with Gasteiger partial charge in [-0.15, -0.1) is 0 Å². The summed E-state index contributed by atoms with van der Waals surface area (Å²) >= 11 is 12.0. The molecule has 0 aliphatic carbocycles. The molecule has 0 amide bonds. The molecule has 1 heterocycles. The minimum Gasteiger partial charge on any atom is -0.457 e. The molecule has 1 aliphatic rings. The topological polar surface area (TPSA) is 63.7 Å². The van der Waals surface area contributed by atoms with Crippen LogP contribution in [0.25, 0.3) is 0 Å². The van der Waals surface area contributed by atoms with Crippen molar-refractivity contribution >= 4 is 39.2 Å². The van der Waals surface area contributed by atoms with Gasteiger partial charge in [0.1, 0.15) is 11.5 Å². The van der Waals surface area contributed by atoms with Crippen LogP contribution in [0, 0.1) is 0 Å². The second kappa shape index (κ2) is 9.27. The third-order valence-corrected chi connectivity index (χ3v) is 7.27. The molecule has 1 saturated heterocycles. The molecule has 0 spiro atoms. The summed E-state index contributed by atoms with van der Waals surface area (Å²) in [6, 6.07) is 11.1. The summed E-state index contributed by atoms with van der Waals surface area (Å²) in [4.78, 5) is 12.3. The number of carbonyl (C=O) groups is 1. The zero-order valence-corrected chi connectivity index (χ0v) is 17.6.